The minimum atomic E-state index is -0.818. The summed E-state index contributed by atoms with van der Waals surface area (Å²) in [6.07, 6.45) is 1.93. The van der Waals surface area contributed by atoms with Crippen molar-refractivity contribution in [1.29, 1.82) is 0 Å². The van der Waals surface area contributed by atoms with E-state index < -0.39 is 11.5 Å². The van der Waals surface area contributed by atoms with Gasteiger partial charge in [-0.05, 0) is 39.7 Å². The topological polar surface area (TPSA) is 67.8 Å². The Morgan fingerprint density at radius 1 is 1.37 bits per heavy atom. The van der Waals surface area contributed by atoms with Crippen molar-refractivity contribution in [1.82, 2.24) is 5.32 Å². The van der Waals surface area contributed by atoms with Gasteiger partial charge in [-0.15, -0.1) is 0 Å². The Morgan fingerprint density at radius 2 is 2.05 bits per heavy atom. The number of hydrogen-bond acceptors (Lipinski definition) is 4. The van der Waals surface area contributed by atoms with Gasteiger partial charge >= 0.3 is 5.97 Å². The standard InChI is InChI=1S/C14H29NO4/c1-5-14(13(16)17,15-6-2)9-8-10-19-12(4)11-18-7-3/h12,15H,5-11H2,1-4H3,(H,16,17). The Hall–Kier alpha value is -0.650. The summed E-state index contributed by atoms with van der Waals surface area (Å²) in [5.74, 6) is -0.779. The van der Waals surface area contributed by atoms with Crippen LogP contribution in [0, 0.1) is 0 Å². The van der Waals surface area contributed by atoms with Gasteiger partial charge in [0.05, 0.1) is 12.7 Å². The number of rotatable bonds is 12. The molecule has 0 rings (SSSR count). The van der Waals surface area contributed by atoms with Crippen LogP contribution in [0.1, 0.15) is 47.0 Å². The third kappa shape index (κ3) is 6.89. The summed E-state index contributed by atoms with van der Waals surface area (Å²) in [5.41, 5.74) is -0.818. The van der Waals surface area contributed by atoms with Crippen LogP contribution in [0.3, 0.4) is 0 Å². The Kier molecular flexibility index (Phi) is 9.83. The van der Waals surface area contributed by atoms with E-state index in [-0.39, 0.29) is 6.10 Å². The highest BCUT2D eigenvalue weighted by atomic mass is 16.5. The number of hydrogen-bond donors (Lipinski definition) is 2. The Labute approximate surface area is 116 Å². The van der Waals surface area contributed by atoms with Crippen molar-refractivity contribution in [2.75, 3.05) is 26.4 Å². The number of likely N-dealkylation sites (N-methyl/N-ethyl adjacent to an activating group) is 1. The van der Waals surface area contributed by atoms with Gasteiger partial charge in [0.25, 0.3) is 0 Å². The van der Waals surface area contributed by atoms with E-state index in [1.165, 1.54) is 0 Å². The molecule has 0 spiro atoms. The molecule has 0 radical (unpaired) electrons. The number of ether oxygens (including phenoxy) is 2. The van der Waals surface area contributed by atoms with Crippen LogP contribution in [-0.2, 0) is 14.3 Å². The first-order chi connectivity index (χ1) is 9.02. The molecule has 0 amide bonds. The summed E-state index contributed by atoms with van der Waals surface area (Å²) < 4.78 is 10.9. The number of carbonyl (C=O) groups is 1. The van der Waals surface area contributed by atoms with Crippen LogP contribution in [0.25, 0.3) is 0 Å². The van der Waals surface area contributed by atoms with Gasteiger partial charge in [0.2, 0.25) is 0 Å². The van der Waals surface area contributed by atoms with Crippen molar-refractivity contribution < 1.29 is 19.4 Å². The molecule has 0 aromatic rings. The van der Waals surface area contributed by atoms with E-state index in [2.05, 4.69) is 5.32 Å². The normalized spacial score (nSPS) is 16.0. The number of aliphatic carboxylic acids is 1. The number of carboxylic acid groups (broad SMARTS) is 1. The van der Waals surface area contributed by atoms with Gasteiger partial charge in [0.1, 0.15) is 5.54 Å². The largest absolute Gasteiger partial charge is 0.480 e. The van der Waals surface area contributed by atoms with E-state index in [4.69, 9.17) is 9.47 Å². The van der Waals surface area contributed by atoms with Crippen molar-refractivity contribution in [2.24, 2.45) is 0 Å². The van der Waals surface area contributed by atoms with E-state index in [1.54, 1.807) is 0 Å². The lowest BCUT2D eigenvalue weighted by Gasteiger charge is -2.29. The van der Waals surface area contributed by atoms with Gasteiger partial charge in [-0.1, -0.05) is 13.8 Å². The van der Waals surface area contributed by atoms with Gasteiger partial charge < -0.3 is 19.9 Å². The summed E-state index contributed by atoms with van der Waals surface area (Å²) in [6, 6.07) is 0. The van der Waals surface area contributed by atoms with Gasteiger partial charge in [-0.25, -0.2) is 0 Å². The average molecular weight is 275 g/mol. The first kappa shape index (κ1) is 18.4. The summed E-state index contributed by atoms with van der Waals surface area (Å²) in [7, 11) is 0. The van der Waals surface area contributed by atoms with Crippen molar-refractivity contribution >= 4 is 5.97 Å². The quantitative estimate of drug-likeness (QED) is 0.534. The second-order valence-electron chi connectivity index (χ2n) is 4.72. The third-order valence-corrected chi connectivity index (χ3v) is 3.24. The number of carboxylic acids is 1. The van der Waals surface area contributed by atoms with E-state index in [9.17, 15) is 9.90 Å². The molecular weight excluding hydrogens is 246 g/mol. The Morgan fingerprint density at radius 3 is 2.53 bits per heavy atom. The summed E-state index contributed by atoms with van der Waals surface area (Å²) in [6.45, 7) is 10.2. The molecule has 114 valence electrons. The molecule has 0 fully saturated rings. The van der Waals surface area contributed by atoms with Gasteiger partial charge in [-0.3, -0.25) is 4.79 Å². The summed E-state index contributed by atoms with van der Waals surface area (Å²) >= 11 is 0. The fourth-order valence-corrected chi connectivity index (χ4v) is 2.05. The van der Waals surface area contributed by atoms with Crippen molar-refractivity contribution in [3.63, 3.8) is 0 Å². The van der Waals surface area contributed by atoms with Gasteiger partial charge in [0.15, 0.2) is 0 Å². The minimum Gasteiger partial charge on any atom is -0.480 e. The van der Waals surface area contributed by atoms with E-state index in [0.717, 1.165) is 6.42 Å². The predicted octanol–water partition coefficient (Wildman–Crippen LogP) is 2.05. The lowest BCUT2D eigenvalue weighted by molar-refractivity contribution is -0.145. The van der Waals surface area contributed by atoms with Gasteiger partial charge in [0, 0.05) is 13.2 Å². The molecule has 0 saturated carbocycles. The molecule has 2 atom stereocenters. The first-order valence-electron chi connectivity index (χ1n) is 7.20. The second-order valence-corrected chi connectivity index (χ2v) is 4.72. The molecule has 19 heavy (non-hydrogen) atoms. The first-order valence-corrected chi connectivity index (χ1v) is 7.20. The van der Waals surface area contributed by atoms with Gasteiger partial charge in [-0.2, -0.15) is 0 Å². The van der Waals surface area contributed by atoms with Crippen LogP contribution in [-0.4, -0.2) is 49.1 Å². The maximum Gasteiger partial charge on any atom is 0.323 e. The fraction of sp³-hybridized carbons (Fsp3) is 0.929. The highest BCUT2D eigenvalue weighted by Crippen LogP contribution is 2.18. The minimum absolute atomic E-state index is 0.0555. The monoisotopic (exact) mass is 275 g/mol. The molecular formula is C14H29NO4. The second kappa shape index (κ2) is 10.2. The highest BCUT2D eigenvalue weighted by molar-refractivity contribution is 5.78. The molecule has 5 nitrogen and oxygen atoms in total. The maximum atomic E-state index is 11.4. The molecule has 0 bridgehead atoms. The molecule has 0 aliphatic carbocycles. The summed E-state index contributed by atoms with van der Waals surface area (Å²) in [5, 5.41) is 12.4. The van der Waals surface area contributed by atoms with Crippen LogP contribution in [0.2, 0.25) is 0 Å². The maximum absolute atomic E-state index is 11.4. The molecule has 0 aromatic heterocycles. The zero-order valence-corrected chi connectivity index (χ0v) is 12.7. The van der Waals surface area contributed by atoms with Crippen molar-refractivity contribution in [3.8, 4) is 0 Å². The average Bonchev–Trinajstić information content (AvgIpc) is 2.39. The van der Waals surface area contributed by atoms with Crippen LogP contribution in [0.15, 0.2) is 0 Å². The van der Waals surface area contributed by atoms with Crippen LogP contribution < -0.4 is 5.32 Å². The smallest absolute Gasteiger partial charge is 0.323 e. The van der Waals surface area contributed by atoms with E-state index in [0.29, 0.717) is 39.2 Å². The SMILES string of the molecule is CCNC(CC)(CCCOC(C)COCC)C(=O)O. The van der Waals surface area contributed by atoms with E-state index in [1.807, 2.05) is 27.7 Å². The zero-order chi connectivity index (χ0) is 14.7. The molecule has 0 aromatic carbocycles. The van der Waals surface area contributed by atoms with Crippen molar-refractivity contribution in [3.05, 3.63) is 0 Å². The fourth-order valence-electron chi connectivity index (χ4n) is 2.05. The van der Waals surface area contributed by atoms with Crippen LogP contribution in [0.5, 0.6) is 0 Å². The molecule has 0 saturated heterocycles. The van der Waals surface area contributed by atoms with E-state index >= 15 is 0 Å². The lowest BCUT2D eigenvalue weighted by Crippen LogP contribution is -2.51. The van der Waals surface area contributed by atoms with Crippen LogP contribution in [0.4, 0.5) is 0 Å². The zero-order valence-electron chi connectivity index (χ0n) is 12.7. The molecule has 2 unspecified atom stereocenters. The Balaban J connectivity index is 4.03. The van der Waals surface area contributed by atoms with Crippen molar-refractivity contribution in [2.45, 2.75) is 58.6 Å². The molecule has 2 N–H and O–H groups in total. The lowest BCUT2D eigenvalue weighted by atomic mass is 9.90. The number of nitrogens with one attached hydrogen (secondary N) is 1. The molecule has 0 aliphatic rings. The molecule has 0 aliphatic heterocycles. The molecule has 5 heteroatoms. The third-order valence-electron chi connectivity index (χ3n) is 3.24. The predicted molar refractivity (Wildman–Crippen MR) is 75.5 cm³/mol. The molecule has 0 heterocycles. The summed E-state index contributed by atoms with van der Waals surface area (Å²) in [4.78, 5) is 11.4. The Bertz CT molecular complexity index is 248. The highest BCUT2D eigenvalue weighted by Gasteiger charge is 2.34. The van der Waals surface area contributed by atoms with Crippen LogP contribution >= 0.6 is 0 Å².